The summed E-state index contributed by atoms with van der Waals surface area (Å²) in [5, 5.41) is 3.46. The summed E-state index contributed by atoms with van der Waals surface area (Å²) in [6.45, 7) is 10.9. The van der Waals surface area contributed by atoms with E-state index in [1.54, 1.807) is 6.92 Å². The number of benzene rings is 1. The molecule has 0 atom stereocenters. The van der Waals surface area contributed by atoms with Crippen LogP contribution in [-0.4, -0.2) is 52.5 Å². The highest BCUT2D eigenvalue weighted by Gasteiger charge is 2.22. The Morgan fingerprint density at radius 1 is 1.04 bits per heavy atom. The van der Waals surface area contributed by atoms with E-state index < -0.39 is 0 Å². The topological polar surface area (TPSA) is 61.4 Å². The average molecular weight is 353 g/mol. The number of nitrogens with zero attached hydrogens (tertiary/aromatic N) is 4. The van der Waals surface area contributed by atoms with Crippen molar-refractivity contribution in [3.05, 3.63) is 36.4 Å². The van der Waals surface area contributed by atoms with Crippen molar-refractivity contribution in [2.75, 3.05) is 36.4 Å². The molecule has 6 heteroatoms. The van der Waals surface area contributed by atoms with Crippen LogP contribution in [0.15, 0.2) is 36.4 Å². The fourth-order valence-corrected chi connectivity index (χ4v) is 3.00. The number of aromatic nitrogens is 2. The number of rotatable bonds is 3. The minimum Gasteiger partial charge on any atom is -0.365 e. The first-order valence-corrected chi connectivity index (χ1v) is 9.05. The Hall–Kier alpha value is -2.63. The van der Waals surface area contributed by atoms with E-state index in [0.717, 1.165) is 30.2 Å². The van der Waals surface area contributed by atoms with Crippen molar-refractivity contribution in [1.29, 1.82) is 0 Å². The van der Waals surface area contributed by atoms with E-state index in [-0.39, 0.29) is 11.4 Å². The van der Waals surface area contributed by atoms with Crippen LogP contribution in [0.4, 0.5) is 11.8 Å². The summed E-state index contributed by atoms with van der Waals surface area (Å²) in [5.41, 5.74) is 1.87. The number of anilines is 2. The summed E-state index contributed by atoms with van der Waals surface area (Å²) in [4.78, 5) is 25.1. The molecule has 1 aliphatic heterocycles. The Morgan fingerprint density at radius 2 is 1.69 bits per heavy atom. The monoisotopic (exact) mass is 353 g/mol. The van der Waals surface area contributed by atoms with Crippen molar-refractivity contribution in [3.8, 4) is 11.3 Å². The number of hydrogen-bond donors (Lipinski definition) is 1. The van der Waals surface area contributed by atoms with Crippen LogP contribution in [-0.2, 0) is 4.79 Å². The molecule has 26 heavy (non-hydrogen) atoms. The Bertz CT molecular complexity index is 762. The number of nitrogens with one attached hydrogen (secondary N) is 1. The molecule has 1 N–H and O–H groups in total. The maximum absolute atomic E-state index is 11.6. The van der Waals surface area contributed by atoms with Gasteiger partial charge in [-0.1, -0.05) is 30.3 Å². The van der Waals surface area contributed by atoms with Gasteiger partial charge < -0.3 is 15.1 Å². The molecule has 0 radical (unpaired) electrons. The molecule has 0 saturated carbocycles. The highest BCUT2D eigenvalue weighted by Crippen LogP contribution is 2.25. The molecule has 0 aliphatic carbocycles. The smallest absolute Gasteiger partial charge is 0.227 e. The number of carbonyl (C=O) groups excluding carboxylic acids is 1. The molecule has 3 rings (SSSR count). The Balaban J connectivity index is 1.91. The molecule has 1 fully saturated rings. The lowest BCUT2D eigenvalue weighted by Crippen LogP contribution is -2.48. The van der Waals surface area contributed by atoms with Crippen LogP contribution in [0.25, 0.3) is 11.3 Å². The Kier molecular flexibility index (Phi) is 5.11. The summed E-state index contributed by atoms with van der Waals surface area (Å²) in [6, 6.07) is 12.1. The van der Waals surface area contributed by atoms with E-state index >= 15 is 0 Å². The van der Waals surface area contributed by atoms with E-state index in [1.807, 2.05) is 29.2 Å². The van der Waals surface area contributed by atoms with E-state index in [9.17, 15) is 4.79 Å². The zero-order valence-electron chi connectivity index (χ0n) is 16.0. The maximum atomic E-state index is 11.6. The normalized spacial score (nSPS) is 15.1. The lowest BCUT2D eigenvalue weighted by Gasteiger charge is -2.34. The number of piperazine rings is 1. The Labute approximate surface area is 155 Å². The molecule has 0 bridgehead atoms. The van der Waals surface area contributed by atoms with Gasteiger partial charge in [0.25, 0.3) is 0 Å². The van der Waals surface area contributed by atoms with Gasteiger partial charge in [-0.3, -0.25) is 4.79 Å². The molecule has 2 aromatic rings. The van der Waals surface area contributed by atoms with Crippen molar-refractivity contribution >= 4 is 17.7 Å². The van der Waals surface area contributed by atoms with Gasteiger partial charge in [0.1, 0.15) is 5.82 Å². The van der Waals surface area contributed by atoms with Crippen LogP contribution < -0.4 is 10.2 Å². The first kappa shape index (κ1) is 18.2. The molecule has 1 aromatic carbocycles. The Morgan fingerprint density at radius 3 is 2.27 bits per heavy atom. The number of hydrogen-bond acceptors (Lipinski definition) is 5. The largest absolute Gasteiger partial charge is 0.365 e. The van der Waals surface area contributed by atoms with Crippen LogP contribution >= 0.6 is 0 Å². The second kappa shape index (κ2) is 7.32. The van der Waals surface area contributed by atoms with Crippen LogP contribution in [0.1, 0.15) is 27.7 Å². The second-order valence-corrected chi connectivity index (χ2v) is 7.67. The minimum atomic E-state index is -0.0904. The zero-order chi connectivity index (χ0) is 18.7. The van der Waals surface area contributed by atoms with E-state index in [4.69, 9.17) is 9.97 Å². The van der Waals surface area contributed by atoms with Gasteiger partial charge in [-0.2, -0.15) is 4.98 Å². The standard InChI is InChI=1S/C20H27N5O/c1-15(26)24-10-12-25(13-11-24)19-21-17(16-8-6-5-7-9-16)14-18(22-19)23-20(2,3)4/h5-9,14H,10-13H2,1-4H3,(H,21,22,23). The maximum Gasteiger partial charge on any atom is 0.227 e. The fraction of sp³-hybridized carbons (Fsp3) is 0.450. The summed E-state index contributed by atoms with van der Waals surface area (Å²) >= 11 is 0. The van der Waals surface area contributed by atoms with Gasteiger partial charge in [-0.25, -0.2) is 4.98 Å². The SMILES string of the molecule is CC(=O)N1CCN(c2nc(NC(C)(C)C)cc(-c3ccccc3)n2)CC1. The van der Waals surface area contributed by atoms with Crippen LogP contribution in [0.5, 0.6) is 0 Å². The minimum absolute atomic E-state index is 0.0904. The van der Waals surface area contributed by atoms with Crippen LogP contribution in [0.3, 0.4) is 0 Å². The lowest BCUT2D eigenvalue weighted by molar-refractivity contribution is -0.129. The second-order valence-electron chi connectivity index (χ2n) is 7.67. The molecular formula is C20H27N5O. The van der Waals surface area contributed by atoms with Gasteiger partial charge in [0, 0.05) is 50.3 Å². The van der Waals surface area contributed by atoms with Gasteiger partial charge in [0.15, 0.2) is 0 Å². The van der Waals surface area contributed by atoms with Gasteiger partial charge >= 0.3 is 0 Å². The van der Waals surface area contributed by atoms with Crippen molar-refractivity contribution in [2.45, 2.75) is 33.2 Å². The number of amides is 1. The third-order valence-corrected chi connectivity index (χ3v) is 4.29. The van der Waals surface area contributed by atoms with Crippen molar-refractivity contribution in [2.24, 2.45) is 0 Å². The quantitative estimate of drug-likeness (QED) is 0.919. The van der Waals surface area contributed by atoms with Crippen molar-refractivity contribution in [1.82, 2.24) is 14.9 Å². The third kappa shape index (κ3) is 4.50. The van der Waals surface area contributed by atoms with Crippen LogP contribution in [0, 0.1) is 0 Å². The highest BCUT2D eigenvalue weighted by atomic mass is 16.2. The molecular weight excluding hydrogens is 326 g/mol. The van der Waals surface area contributed by atoms with Gasteiger partial charge in [0.2, 0.25) is 11.9 Å². The summed E-state index contributed by atoms with van der Waals surface area (Å²) < 4.78 is 0. The predicted molar refractivity (Wildman–Crippen MR) is 105 cm³/mol. The molecule has 0 spiro atoms. The van der Waals surface area contributed by atoms with Gasteiger partial charge in [-0.15, -0.1) is 0 Å². The molecule has 6 nitrogen and oxygen atoms in total. The molecule has 1 aromatic heterocycles. The van der Waals surface area contributed by atoms with Crippen molar-refractivity contribution < 1.29 is 4.79 Å². The van der Waals surface area contributed by atoms with Gasteiger partial charge in [0.05, 0.1) is 5.69 Å². The van der Waals surface area contributed by atoms with E-state index in [1.165, 1.54) is 0 Å². The summed E-state index contributed by atoms with van der Waals surface area (Å²) in [7, 11) is 0. The molecule has 2 heterocycles. The average Bonchev–Trinajstić information content (AvgIpc) is 2.61. The molecule has 1 aliphatic rings. The van der Waals surface area contributed by atoms with E-state index in [2.05, 4.69) is 43.1 Å². The summed E-state index contributed by atoms with van der Waals surface area (Å²) in [6.07, 6.45) is 0. The molecule has 1 amide bonds. The third-order valence-electron chi connectivity index (χ3n) is 4.29. The first-order valence-electron chi connectivity index (χ1n) is 9.05. The lowest BCUT2D eigenvalue weighted by atomic mass is 10.1. The number of carbonyl (C=O) groups is 1. The predicted octanol–water partition coefficient (Wildman–Crippen LogP) is 3.02. The molecule has 138 valence electrons. The van der Waals surface area contributed by atoms with E-state index in [0.29, 0.717) is 19.0 Å². The van der Waals surface area contributed by atoms with Crippen molar-refractivity contribution in [3.63, 3.8) is 0 Å². The van der Waals surface area contributed by atoms with Crippen LogP contribution in [0.2, 0.25) is 0 Å². The van der Waals surface area contributed by atoms with Gasteiger partial charge in [-0.05, 0) is 20.8 Å². The fourth-order valence-electron chi connectivity index (χ4n) is 3.00. The highest BCUT2D eigenvalue weighted by molar-refractivity contribution is 5.73. The molecule has 1 saturated heterocycles. The first-order chi connectivity index (χ1) is 12.3. The summed E-state index contributed by atoms with van der Waals surface area (Å²) in [5.74, 6) is 1.65. The zero-order valence-corrected chi connectivity index (χ0v) is 16.0. The molecule has 0 unspecified atom stereocenters.